The summed E-state index contributed by atoms with van der Waals surface area (Å²) in [4.78, 5) is 2.22. The Morgan fingerprint density at radius 2 is 1.43 bits per heavy atom. The van der Waals surface area contributed by atoms with E-state index in [1.807, 2.05) is 0 Å². The molecule has 5 heteroatoms. The van der Waals surface area contributed by atoms with E-state index >= 15 is 0 Å². The van der Waals surface area contributed by atoms with Crippen molar-refractivity contribution in [3.8, 4) is 0 Å². The van der Waals surface area contributed by atoms with Crippen LogP contribution in [0.2, 0.25) is 0 Å². The van der Waals surface area contributed by atoms with Crippen molar-refractivity contribution >= 4 is 44.7 Å². The lowest BCUT2D eigenvalue weighted by molar-refractivity contribution is 0.0745. The fourth-order valence-electron chi connectivity index (χ4n) is 4.68. The van der Waals surface area contributed by atoms with Gasteiger partial charge in [-0.1, -0.05) is 54.6 Å². The Morgan fingerprint density at radius 1 is 0.821 bits per heavy atom. The highest BCUT2D eigenvalue weighted by atomic mass is 35.5. The van der Waals surface area contributed by atoms with Crippen LogP contribution in [0, 0.1) is 0 Å². The number of rotatable bonds is 4. The van der Waals surface area contributed by atoms with Gasteiger partial charge in [-0.3, -0.25) is 4.90 Å². The number of hydrogen-bond donors (Lipinski definition) is 1. The highest BCUT2D eigenvalue weighted by Crippen LogP contribution is 2.40. The molecule has 0 amide bonds. The van der Waals surface area contributed by atoms with E-state index in [9.17, 15) is 8.78 Å². The average Bonchev–Trinajstić information content (AvgIpc) is 2.71. The van der Waals surface area contributed by atoms with Crippen molar-refractivity contribution in [2.24, 2.45) is 0 Å². The summed E-state index contributed by atoms with van der Waals surface area (Å²) in [5, 5.41) is 10.5. The second-order valence-corrected chi connectivity index (χ2v) is 7.44. The quantitative estimate of drug-likeness (QED) is 0.448. The van der Waals surface area contributed by atoms with E-state index in [4.69, 9.17) is 0 Å². The van der Waals surface area contributed by atoms with Gasteiger partial charge in [0.25, 0.3) is 0 Å². The molecule has 0 aromatic heterocycles. The summed E-state index contributed by atoms with van der Waals surface area (Å²) in [5.74, 6) is 0. The summed E-state index contributed by atoms with van der Waals surface area (Å²) in [5.41, 5.74) is 1.03. The first-order valence-corrected chi connectivity index (χ1v) is 9.62. The van der Waals surface area contributed by atoms with Crippen LogP contribution in [0.5, 0.6) is 0 Å². The van der Waals surface area contributed by atoms with Gasteiger partial charge in [0.05, 0.1) is 0 Å². The molecule has 0 unspecified atom stereocenters. The molecule has 1 aliphatic rings. The smallest absolute Gasteiger partial charge is 0.240 e. The molecule has 1 aliphatic heterocycles. The predicted octanol–water partition coefficient (Wildman–Crippen LogP) is 5.61. The van der Waals surface area contributed by atoms with Crippen LogP contribution in [-0.4, -0.2) is 37.5 Å². The topological polar surface area (TPSA) is 15.3 Å². The lowest BCUT2D eigenvalue weighted by Crippen LogP contribution is -2.45. The minimum Gasteiger partial charge on any atom is -0.314 e. The molecule has 0 spiro atoms. The summed E-state index contributed by atoms with van der Waals surface area (Å²) in [7, 11) is 0. The van der Waals surface area contributed by atoms with Crippen LogP contribution in [0.3, 0.4) is 0 Å². The zero-order chi connectivity index (χ0) is 18.4. The second-order valence-electron chi connectivity index (χ2n) is 7.44. The summed E-state index contributed by atoms with van der Waals surface area (Å²) in [6.07, 6.45) is -2.44. The van der Waals surface area contributed by atoms with Gasteiger partial charge >= 0.3 is 0 Å². The average molecular weight is 401 g/mol. The van der Waals surface area contributed by atoms with Crippen LogP contribution < -0.4 is 5.32 Å². The van der Waals surface area contributed by atoms with Crippen molar-refractivity contribution in [3.63, 3.8) is 0 Å². The summed E-state index contributed by atoms with van der Waals surface area (Å²) in [6, 6.07) is 18.8. The van der Waals surface area contributed by atoms with Crippen molar-refractivity contribution in [2.75, 3.05) is 26.2 Å². The first kappa shape index (κ1) is 19.3. The molecule has 146 valence electrons. The molecule has 1 fully saturated rings. The maximum Gasteiger partial charge on any atom is 0.240 e. The number of hydrogen-bond acceptors (Lipinski definition) is 2. The molecule has 1 atom stereocenters. The first-order chi connectivity index (χ1) is 13.2. The van der Waals surface area contributed by atoms with Gasteiger partial charge in [-0.15, -0.1) is 12.4 Å². The van der Waals surface area contributed by atoms with Crippen LogP contribution in [0.25, 0.3) is 32.3 Å². The van der Waals surface area contributed by atoms with E-state index in [0.29, 0.717) is 0 Å². The Hall–Kier alpha value is -2.01. The van der Waals surface area contributed by atoms with Crippen LogP contribution in [0.15, 0.2) is 54.6 Å². The lowest BCUT2D eigenvalue weighted by atomic mass is 9.88. The molecule has 28 heavy (non-hydrogen) atoms. The minimum absolute atomic E-state index is 0. The van der Waals surface area contributed by atoms with Gasteiger partial charge in [-0.05, 0) is 37.9 Å². The highest BCUT2D eigenvalue weighted by Gasteiger charge is 2.27. The van der Waals surface area contributed by atoms with E-state index in [2.05, 4.69) is 64.8 Å². The molecule has 1 heterocycles. The molecular weight excluding hydrogens is 378 g/mol. The standard InChI is InChI=1S/C23H22F2N2.ClH/c24-21(25)14-20(27-12-10-26-11-13-27)18-8-6-17-5-4-15-2-1-3-16-7-9-19(18)23(17)22(15)16;/h1-9,20-21,26H,10-14H2;1H/t20-;/m1./s1. The Labute approximate surface area is 169 Å². The maximum absolute atomic E-state index is 13.5. The van der Waals surface area contributed by atoms with Crippen molar-refractivity contribution in [1.29, 1.82) is 0 Å². The van der Waals surface area contributed by atoms with Gasteiger partial charge in [0.2, 0.25) is 6.43 Å². The first-order valence-electron chi connectivity index (χ1n) is 9.62. The van der Waals surface area contributed by atoms with Gasteiger partial charge in [0.15, 0.2) is 0 Å². The third-order valence-corrected chi connectivity index (χ3v) is 5.92. The number of benzene rings is 4. The third kappa shape index (κ3) is 3.20. The number of piperazine rings is 1. The van der Waals surface area contributed by atoms with Crippen LogP contribution in [-0.2, 0) is 0 Å². The fraction of sp³-hybridized carbons (Fsp3) is 0.304. The summed E-state index contributed by atoms with van der Waals surface area (Å²) < 4.78 is 27.0. The molecular formula is C23H23ClF2N2. The van der Waals surface area contributed by atoms with Crippen molar-refractivity contribution in [3.05, 3.63) is 60.2 Å². The molecule has 0 saturated carbocycles. The Bertz CT molecular complexity index is 1080. The second kappa shape index (κ2) is 7.78. The third-order valence-electron chi connectivity index (χ3n) is 5.92. The van der Waals surface area contributed by atoms with Crippen LogP contribution in [0.4, 0.5) is 8.78 Å². The highest BCUT2D eigenvalue weighted by molar-refractivity contribution is 6.23. The molecule has 1 N–H and O–H groups in total. The monoisotopic (exact) mass is 400 g/mol. The van der Waals surface area contributed by atoms with Gasteiger partial charge < -0.3 is 5.32 Å². The largest absolute Gasteiger partial charge is 0.314 e. The van der Waals surface area contributed by atoms with Gasteiger partial charge in [0.1, 0.15) is 0 Å². The Kier molecular flexibility index (Phi) is 5.37. The van der Waals surface area contributed by atoms with Crippen molar-refractivity contribution < 1.29 is 8.78 Å². The molecule has 4 aromatic carbocycles. The predicted molar refractivity (Wildman–Crippen MR) is 115 cm³/mol. The van der Waals surface area contributed by atoms with Crippen molar-refractivity contribution in [1.82, 2.24) is 10.2 Å². The van der Waals surface area contributed by atoms with Gasteiger partial charge in [-0.25, -0.2) is 8.78 Å². The molecule has 4 aromatic rings. The number of halogens is 3. The molecule has 0 aliphatic carbocycles. The summed E-state index contributed by atoms with van der Waals surface area (Å²) in [6.45, 7) is 3.32. The Balaban J connectivity index is 0.00000192. The Morgan fingerprint density at radius 3 is 2.11 bits per heavy atom. The fourth-order valence-corrected chi connectivity index (χ4v) is 4.68. The summed E-state index contributed by atoms with van der Waals surface area (Å²) >= 11 is 0. The lowest BCUT2D eigenvalue weighted by Gasteiger charge is -2.36. The molecule has 0 radical (unpaired) electrons. The number of nitrogens with zero attached hydrogens (tertiary/aromatic N) is 1. The van der Waals surface area contributed by atoms with E-state index in [1.165, 1.54) is 26.9 Å². The zero-order valence-electron chi connectivity index (χ0n) is 15.5. The zero-order valence-corrected chi connectivity index (χ0v) is 16.3. The number of nitrogens with one attached hydrogen (secondary N) is 1. The normalized spacial score (nSPS) is 16.8. The molecule has 1 saturated heterocycles. The SMILES string of the molecule is Cl.FC(F)C[C@H](c1ccc2ccc3cccc4ccc1c2c34)N1CCNCC1. The number of alkyl halides is 2. The van der Waals surface area contributed by atoms with Gasteiger partial charge in [0, 0.05) is 38.6 Å². The van der Waals surface area contributed by atoms with E-state index < -0.39 is 6.43 Å². The van der Waals surface area contributed by atoms with Gasteiger partial charge in [-0.2, -0.15) is 0 Å². The van der Waals surface area contributed by atoms with Crippen molar-refractivity contribution in [2.45, 2.75) is 18.9 Å². The van der Waals surface area contributed by atoms with Crippen LogP contribution in [0.1, 0.15) is 18.0 Å². The molecule has 5 rings (SSSR count). The molecule has 0 bridgehead atoms. The maximum atomic E-state index is 13.5. The van der Waals surface area contributed by atoms with E-state index in [0.717, 1.165) is 37.1 Å². The van der Waals surface area contributed by atoms with Crippen LogP contribution >= 0.6 is 12.4 Å². The minimum atomic E-state index is -2.32. The molecule has 2 nitrogen and oxygen atoms in total. The van der Waals surface area contributed by atoms with E-state index in [1.54, 1.807) is 0 Å². The van der Waals surface area contributed by atoms with E-state index in [-0.39, 0.29) is 24.9 Å².